The smallest absolute Gasteiger partial charge is 0.185 e. The Balaban J connectivity index is 0.00000112. The van der Waals surface area contributed by atoms with Gasteiger partial charge in [0.1, 0.15) is 0 Å². The number of nitrogens with zero attached hydrogens (tertiary/aromatic N) is 2. The first-order chi connectivity index (χ1) is 6.90. The lowest BCUT2D eigenvalue weighted by Crippen LogP contribution is -2.37. The highest BCUT2D eigenvalue weighted by atomic mass is 35.5. The number of aromatic nitrogens is 2. The van der Waals surface area contributed by atoms with Crippen LogP contribution in [0.3, 0.4) is 0 Å². The zero-order valence-electron chi connectivity index (χ0n) is 8.56. The Bertz CT molecular complexity index is 307. The van der Waals surface area contributed by atoms with E-state index in [2.05, 4.69) is 10.3 Å². The molecule has 1 aromatic heterocycles. The van der Waals surface area contributed by atoms with Crippen molar-refractivity contribution in [1.82, 2.24) is 14.9 Å². The molecule has 1 saturated heterocycles. The van der Waals surface area contributed by atoms with E-state index in [4.69, 9.17) is 0 Å². The van der Waals surface area contributed by atoms with Crippen LogP contribution in [0.2, 0.25) is 0 Å². The molecule has 5 heteroatoms. The lowest BCUT2D eigenvalue weighted by atomic mass is 10.1. The fourth-order valence-electron chi connectivity index (χ4n) is 1.91. The summed E-state index contributed by atoms with van der Waals surface area (Å²) in [6.45, 7) is 1.95. The number of hydrogen-bond acceptors (Lipinski definition) is 3. The van der Waals surface area contributed by atoms with E-state index in [-0.39, 0.29) is 12.4 Å². The van der Waals surface area contributed by atoms with Gasteiger partial charge in [-0.2, -0.15) is 0 Å². The third-order valence-corrected chi connectivity index (χ3v) is 2.68. The first kappa shape index (κ1) is 12.2. The molecule has 4 nitrogen and oxygen atoms in total. The number of carbonyl (C=O) groups excluding carboxylic acids is 1. The van der Waals surface area contributed by atoms with E-state index in [9.17, 15) is 4.79 Å². The molecule has 0 radical (unpaired) electrons. The van der Waals surface area contributed by atoms with E-state index in [1.54, 1.807) is 6.20 Å². The minimum atomic E-state index is 0. The molecule has 1 aliphatic rings. The van der Waals surface area contributed by atoms with Crippen molar-refractivity contribution >= 4 is 18.7 Å². The Morgan fingerprint density at radius 3 is 3.13 bits per heavy atom. The predicted octanol–water partition coefficient (Wildman–Crippen LogP) is 1.26. The third kappa shape index (κ3) is 3.04. The molecule has 0 amide bonds. The molecule has 0 bridgehead atoms. The molecule has 1 N–H and O–H groups in total. The van der Waals surface area contributed by atoms with E-state index in [0.29, 0.717) is 11.9 Å². The van der Waals surface area contributed by atoms with E-state index in [0.717, 1.165) is 19.4 Å². The van der Waals surface area contributed by atoms with Gasteiger partial charge in [-0.05, 0) is 19.4 Å². The zero-order chi connectivity index (χ0) is 9.80. The van der Waals surface area contributed by atoms with Crippen LogP contribution in [0.5, 0.6) is 0 Å². The van der Waals surface area contributed by atoms with Gasteiger partial charge in [-0.3, -0.25) is 4.79 Å². The fraction of sp³-hybridized carbons (Fsp3) is 0.600. The molecule has 1 atom stereocenters. The van der Waals surface area contributed by atoms with Crippen molar-refractivity contribution in [2.45, 2.75) is 31.8 Å². The van der Waals surface area contributed by atoms with Crippen molar-refractivity contribution in [3.05, 3.63) is 18.2 Å². The Morgan fingerprint density at radius 2 is 2.47 bits per heavy atom. The molecule has 84 valence electrons. The molecule has 0 aromatic carbocycles. The fourth-order valence-corrected chi connectivity index (χ4v) is 1.91. The second-order valence-corrected chi connectivity index (χ2v) is 3.70. The standard InChI is InChI=1S/C10H15N3O.ClH/c14-8-10-12-5-6-13(10)7-9-3-1-2-4-11-9;/h5-6,8-9,11H,1-4,7H2;1H. The molecular formula is C10H16ClN3O. The van der Waals surface area contributed by atoms with Gasteiger partial charge >= 0.3 is 0 Å². The van der Waals surface area contributed by atoms with Crippen LogP contribution in [-0.2, 0) is 6.54 Å². The van der Waals surface area contributed by atoms with Crippen molar-refractivity contribution in [2.75, 3.05) is 6.54 Å². The highest BCUT2D eigenvalue weighted by molar-refractivity contribution is 5.85. The maximum absolute atomic E-state index is 10.6. The maximum atomic E-state index is 10.6. The van der Waals surface area contributed by atoms with Crippen molar-refractivity contribution in [1.29, 1.82) is 0 Å². The van der Waals surface area contributed by atoms with E-state index in [1.165, 1.54) is 19.3 Å². The maximum Gasteiger partial charge on any atom is 0.185 e. The molecule has 2 heterocycles. The van der Waals surface area contributed by atoms with E-state index >= 15 is 0 Å². The summed E-state index contributed by atoms with van der Waals surface area (Å²) in [6, 6.07) is 0.497. The largest absolute Gasteiger partial charge is 0.327 e. The van der Waals surface area contributed by atoms with Gasteiger partial charge in [0, 0.05) is 25.0 Å². The number of halogens is 1. The topological polar surface area (TPSA) is 46.9 Å². The minimum Gasteiger partial charge on any atom is -0.327 e. The highest BCUT2D eigenvalue weighted by Gasteiger charge is 2.13. The first-order valence-corrected chi connectivity index (χ1v) is 5.10. The van der Waals surface area contributed by atoms with Crippen LogP contribution in [0.15, 0.2) is 12.4 Å². The lowest BCUT2D eigenvalue weighted by molar-refractivity contribution is 0.111. The SMILES string of the molecule is Cl.O=Cc1nccn1CC1CCCCN1. The number of aldehydes is 1. The summed E-state index contributed by atoms with van der Waals surface area (Å²) in [5.41, 5.74) is 0. The molecule has 1 fully saturated rings. The number of rotatable bonds is 3. The molecule has 15 heavy (non-hydrogen) atoms. The van der Waals surface area contributed by atoms with Gasteiger partial charge in [0.2, 0.25) is 0 Å². The van der Waals surface area contributed by atoms with Crippen LogP contribution >= 0.6 is 12.4 Å². The van der Waals surface area contributed by atoms with Gasteiger partial charge in [-0.25, -0.2) is 4.98 Å². The van der Waals surface area contributed by atoms with Crippen LogP contribution in [0.4, 0.5) is 0 Å². The van der Waals surface area contributed by atoms with Gasteiger partial charge in [0.25, 0.3) is 0 Å². The summed E-state index contributed by atoms with van der Waals surface area (Å²) in [6.07, 6.45) is 8.08. The average molecular weight is 230 g/mol. The Kier molecular flexibility index (Phi) is 4.78. The second kappa shape index (κ2) is 5.88. The number of imidazole rings is 1. The lowest BCUT2D eigenvalue weighted by Gasteiger charge is -2.23. The molecule has 1 unspecified atom stereocenters. The highest BCUT2D eigenvalue weighted by Crippen LogP contribution is 2.09. The molecule has 0 aliphatic carbocycles. The Labute approximate surface area is 95.5 Å². The van der Waals surface area contributed by atoms with E-state index < -0.39 is 0 Å². The van der Waals surface area contributed by atoms with Crippen molar-refractivity contribution in [3.8, 4) is 0 Å². The van der Waals surface area contributed by atoms with Crippen molar-refractivity contribution < 1.29 is 4.79 Å². The predicted molar refractivity (Wildman–Crippen MR) is 60.5 cm³/mol. The molecule has 1 aliphatic heterocycles. The quantitative estimate of drug-likeness (QED) is 0.794. The van der Waals surface area contributed by atoms with Gasteiger partial charge in [-0.1, -0.05) is 6.42 Å². The summed E-state index contributed by atoms with van der Waals surface area (Å²) < 4.78 is 1.91. The van der Waals surface area contributed by atoms with Gasteiger partial charge < -0.3 is 9.88 Å². The van der Waals surface area contributed by atoms with Crippen LogP contribution in [0.25, 0.3) is 0 Å². The van der Waals surface area contributed by atoms with E-state index in [1.807, 2.05) is 10.8 Å². The zero-order valence-corrected chi connectivity index (χ0v) is 9.37. The first-order valence-electron chi connectivity index (χ1n) is 5.10. The van der Waals surface area contributed by atoms with Gasteiger partial charge in [-0.15, -0.1) is 12.4 Å². The molecular weight excluding hydrogens is 214 g/mol. The van der Waals surface area contributed by atoms with Gasteiger partial charge in [0.15, 0.2) is 12.1 Å². The Hall–Kier alpha value is -0.870. The second-order valence-electron chi connectivity index (χ2n) is 3.70. The number of hydrogen-bond donors (Lipinski definition) is 1. The minimum absolute atomic E-state index is 0. The molecule has 0 spiro atoms. The third-order valence-electron chi connectivity index (χ3n) is 2.68. The normalized spacial score (nSPS) is 20.7. The van der Waals surface area contributed by atoms with Crippen LogP contribution in [0, 0.1) is 0 Å². The molecule has 2 rings (SSSR count). The molecule has 0 saturated carbocycles. The Morgan fingerprint density at radius 1 is 1.60 bits per heavy atom. The molecule has 1 aromatic rings. The van der Waals surface area contributed by atoms with Crippen molar-refractivity contribution in [2.24, 2.45) is 0 Å². The monoisotopic (exact) mass is 229 g/mol. The van der Waals surface area contributed by atoms with Crippen LogP contribution < -0.4 is 5.32 Å². The summed E-state index contributed by atoms with van der Waals surface area (Å²) in [5, 5.41) is 3.44. The summed E-state index contributed by atoms with van der Waals surface area (Å²) in [5.74, 6) is 0.525. The average Bonchev–Trinajstić information content (AvgIpc) is 2.67. The van der Waals surface area contributed by atoms with Crippen LogP contribution in [0.1, 0.15) is 29.9 Å². The number of nitrogens with one attached hydrogen (secondary N) is 1. The van der Waals surface area contributed by atoms with Crippen molar-refractivity contribution in [3.63, 3.8) is 0 Å². The van der Waals surface area contributed by atoms with Crippen LogP contribution in [-0.4, -0.2) is 28.4 Å². The number of carbonyl (C=O) groups is 1. The van der Waals surface area contributed by atoms with Gasteiger partial charge in [0.05, 0.1) is 0 Å². The summed E-state index contributed by atoms with van der Waals surface area (Å²) >= 11 is 0. The summed E-state index contributed by atoms with van der Waals surface area (Å²) in [4.78, 5) is 14.6. The number of piperidine rings is 1. The summed E-state index contributed by atoms with van der Waals surface area (Å²) in [7, 11) is 0.